The van der Waals surface area contributed by atoms with Crippen LogP contribution in [0.3, 0.4) is 0 Å². The number of aromatic nitrogens is 2. The van der Waals surface area contributed by atoms with Gasteiger partial charge in [0.05, 0.1) is 30.6 Å². The fourth-order valence-corrected chi connectivity index (χ4v) is 3.89. The van der Waals surface area contributed by atoms with Gasteiger partial charge in [0.25, 0.3) is 0 Å². The Kier molecular flexibility index (Phi) is 9.16. The Morgan fingerprint density at radius 1 is 0.971 bits per heavy atom. The summed E-state index contributed by atoms with van der Waals surface area (Å²) in [5.41, 5.74) is 3.50. The molecule has 1 aromatic heterocycles. The van der Waals surface area contributed by atoms with Crippen LogP contribution in [0.4, 0.5) is 5.82 Å². The van der Waals surface area contributed by atoms with Crippen LogP contribution in [0.25, 0.3) is 22.5 Å². The first-order chi connectivity index (χ1) is 16.4. The molecule has 0 atom stereocenters. The van der Waals surface area contributed by atoms with Crippen LogP contribution in [0.1, 0.15) is 40.0 Å². The molecule has 3 rings (SSSR count). The maximum absolute atomic E-state index is 10.9. The lowest BCUT2D eigenvalue weighted by Gasteiger charge is -2.24. The van der Waals surface area contributed by atoms with Gasteiger partial charge in [-0.3, -0.25) is 9.78 Å². The van der Waals surface area contributed by atoms with Gasteiger partial charge in [-0.25, -0.2) is 4.98 Å². The van der Waals surface area contributed by atoms with Gasteiger partial charge < -0.3 is 14.7 Å². The third-order valence-corrected chi connectivity index (χ3v) is 5.65. The highest BCUT2D eigenvalue weighted by Crippen LogP contribution is 2.30. The molecule has 0 spiro atoms. The predicted molar refractivity (Wildman–Crippen MR) is 137 cm³/mol. The molecule has 180 valence electrons. The highest BCUT2D eigenvalue weighted by atomic mass is 16.5. The Hall–Kier alpha value is -3.25. The molecule has 0 radical (unpaired) electrons. The van der Waals surface area contributed by atoms with Crippen LogP contribution >= 0.6 is 0 Å². The second kappa shape index (κ2) is 12.3. The average Bonchev–Trinajstić information content (AvgIpc) is 2.83. The fourth-order valence-electron chi connectivity index (χ4n) is 3.89. The second-order valence-electron chi connectivity index (χ2n) is 9.23. The summed E-state index contributed by atoms with van der Waals surface area (Å²) < 4.78 is 5.75. The zero-order valence-electron chi connectivity index (χ0n) is 20.4. The van der Waals surface area contributed by atoms with Crippen LogP contribution in [0.15, 0.2) is 66.9 Å². The molecular formula is C28H35N3O3. The van der Waals surface area contributed by atoms with E-state index in [9.17, 15) is 4.79 Å². The standard InChI is InChI=1S/C28H35N3O3/c1-4-31(17-11-12-18-34-21-28(2,3)19-25(32)33)24-20-29-26(22-13-7-5-8-14-22)27(30-24)23-15-9-6-10-16-23/h5-10,13-16,20H,4,11-12,17-19,21H2,1-3H3,(H,32,33). The highest BCUT2D eigenvalue weighted by molar-refractivity contribution is 5.78. The molecular weight excluding hydrogens is 426 g/mol. The van der Waals surface area contributed by atoms with Gasteiger partial charge in [-0.05, 0) is 25.2 Å². The van der Waals surface area contributed by atoms with Gasteiger partial charge in [0.1, 0.15) is 5.82 Å². The summed E-state index contributed by atoms with van der Waals surface area (Å²) in [7, 11) is 0. The molecule has 0 amide bonds. The van der Waals surface area contributed by atoms with Gasteiger partial charge in [-0.15, -0.1) is 0 Å². The van der Waals surface area contributed by atoms with Crippen molar-refractivity contribution in [2.24, 2.45) is 5.41 Å². The molecule has 0 bridgehead atoms. The Balaban J connectivity index is 1.65. The number of carboxylic acid groups (broad SMARTS) is 1. The molecule has 0 saturated carbocycles. The van der Waals surface area contributed by atoms with E-state index in [0.717, 1.165) is 54.3 Å². The van der Waals surface area contributed by atoms with Crippen LogP contribution in [0, 0.1) is 5.41 Å². The Morgan fingerprint density at radius 2 is 1.59 bits per heavy atom. The van der Waals surface area contributed by atoms with Crippen molar-refractivity contribution in [3.8, 4) is 22.5 Å². The largest absolute Gasteiger partial charge is 0.481 e. The molecule has 34 heavy (non-hydrogen) atoms. The molecule has 0 fully saturated rings. The van der Waals surface area contributed by atoms with E-state index in [2.05, 4.69) is 36.1 Å². The molecule has 6 nitrogen and oxygen atoms in total. The number of hydrogen-bond donors (Lipinski definition) is 1. The first kappa shape index (κ1) is 25.4. The number of carboxylic acids is 1. The number of hydrogen-bond acceptors (Lipinski definition) is 5. The molecule has 0 aliphatic rings. The number of rotatable bonds is 13. The Bertz CT molecular complexity index is 1040. The monoisotopic (exact) mass is 461 g/mol. The van der Waals surface area contributed by atoms with Gasteiger partial charge in [-0.1, -0.05) is 74.5 Å². The van der Waals surface area contributed by atoms with E-state index in [1.165, 1.54) is 0 Å². The minimum atomic E-state index is -0.790. The van der Waals surface area contributed by atoms with E-state index in [1.807, 2.05) is 56.4 Å². The number of benzene rings is 2. The third-order valence-electron chi connectivity index (χ3n) is 5.65. The first-order valence-electron chi connectivity index (χ1n) is 11.9. The number of nitrogens with zero attached hydrogens (tertiary/aromatic N) is 3. The van der Waals surface area contributed by atoms with E-state index in [-0.39, 0.29) is 11.8 Å². The molecule has 0 unspecified atom stereocenters. The molecule has 0 aliphatic carbocycles. The van der Waals surface area contributed by atoms with Crippen molar-refractivity contribution in [3.63, 3.8) is 0 Å². The number of unbranched alkanes of at least 4 members (excludes halogenated alkanes) is 1. The van der Waals surface area contributed by atoms with Crippen molar-refractivity contribution in [2.75, 3.05) is 31.2 Å². The van der Waals surface area contributed by atoms with Gasteiger partial charge in [-0.2, -0.15) is 0 Å². The maximum atomic E-state index is 10.9. The maximum Gasteiger partial charge on any atom is 0.303 e. The topological polar surface area (TPSA) is 75.5 Å². The van der Waals surface area contributed by atoms with E-state index >= 15 is 0 Å². The normalized spacial score (nSPS) is 11.4. The van der Waals surface area contributed by atoms with Crippen LogP contribution in [0.2, 0.25) is 0 Å². The molecule has 1 heterocycles. The fraction of sp³-hybridized carbons (Fsp3) is 0.393. The highest BCUT2D eigenvalue weighted by Gasteiger charge is 2.22. The number of ether oxygens (including phenoxy) is 1. The minimum Gasteiger partial charge on any atom is -0.481 e. The summed E-state index contributed by atoms with van der Waals surface area (Å²) in [6.45, 7) is 8.72. The van der Waals surface area contributed by atoms with Gasteiger partial charge in [0.2, 0.25) is 0 Å². The SMILES string of the molecule is CCN(CCCCOCC(C)(C)CC(=O)O)c1cnc(-c2ccccc2)c(-c2ccccc2)n1. The summed E-state index contributed by atoms with van der Waals surface area (Å²) in [6, 6.07) is 20.3. The van der Waals surface area contributed by atoms with Crippen molar-refractivity contribution >= 4 is 11.8 Å². The van der Waals surface area contributed by atoms with E-state index in [0.29, 0.717) is 13.2 Å². The van der Waals surface area contributed by atoms with Crippen molar-refractivity contribution < 1.29 is 14.6 Å². The number of aliphatic carboxylic acids is 1. The zero-order valence-corrected chi connectivity index (χ0v) is 20.4. The van der Waals surface area contributed by atoms with Crippen LogP contribution < -0.4 is 4.90 Å². The van der Waals surface area contributed by atoms with Crippen LogP contribution in [-0.2, 0) is 9.53 Å². The molecule has 0 saturated heterocycles. The first-order valence-corrected chi connectivity index (χ1v) is 11.9. The third kappa shape index (κ3) is 7.39. The van der Waals surface area contributed by atoms with Gasteiger partial charge in [0, 0.05) is 30.8 Å². The average molecular weight is 462 g/mol. The summed E-state index contributed by atoms with van der Waals surface area (Å²) >= 11 is 0. The lowest BCUT2D eigenvalue weighted by Crippen LogP contribution is -2.26. The van der Waals surface area contributed by atoms with E-state index in [1.54, 1.807) is 0 Å². The minimum absolute atomic E-state index is 0.109. The quantitative estimate of drug-likeness (QED) is 0.318. The molecule has 3 aromatic rings. The molecule has 1 N–H and O–H groups in total. The van der Waals surface area contributed by atoms with E-state index in [4.69, 9.17) is 19.8 Å². The van der Waals surface area contributed by atoms with Crippen molar-refractivity contribution in [1.29, 1.82) is 0 Å². The summed E-state index contributed by atoms with van der Waals surface area (Å²) in [6.07, 6.45) is 3.83. The lowest BCUT2D eigenvalue weighted by molar-refractivity contribution is -0.140. The van der Waals surface area contributed by atoms with Gasteiger partial charge in [0.15, 0.2) is 0 Å². The molecule has 0 aliphatic heterocycles. The van der Waals surface area contributed by atoms with Crippen LogP contribution in [-0.4, -0.2) is 47.3 Å². The van der Waals surface area contributed by atoms with Crippen molar-refractivity contribution in [1.82, 2.24) is 9.97 Å². The second-order valence-corrected chi connectivity index (χ2v) is 9.23. The summed E-state index contributed by atoms with van der Waals surface area (Å²) in [4.78, 5) is 23.0. The Labute approximate surface area is 202 Å². The number of anilines is 1. The Morgan fingerprint density at radius 3 is 2.18 bits per heavy atom. The number of carbonyl (C=O) groups is 1. The smallest absolute Gasteiger partial charge is 0.303 e. The van der Waals surface area contributed by atoms with Crippen molar-refractivity contribution in [3.05, 3.63) is 66.9 Å². The van der Waals surface area contributed by atoms with E-state index < -0.39 is 5.97 Å². The van der Waals surface area contributed by atoms with Crippen LogP contribution in [0.5, 0.6) is 0 Å². The van der Waals surface area contributed by atoms with Crippen molar-refractivity contribution in [2.45, 2.75) is 40.0 Å². The molecule has 2 aromatic carbocycles. The van der Waals surface area contributed by atoms with Gasteiger partial charge >= 0.3 is 5.97 Å². The molecule has 6 heteroatoms. The predicted octanol–water partition coefficient (Wildman–Crippen LogP) is 5.93. The lowest BCUT2D eigenvalue weighted by atomic mass is 9.91. The summed E-state index contributed by atoms with van der Waals surface area (Å²) in [5.74, 6) is 0.0750. The summed E-state index contributed by atoms with van der Waals surface area (Å²) in [5, 5.41) is 8.99. The zero-order chi connectivity index (χ0) is 24.4.